The molecule has 1 atom stereocenters. The molecule has 2 amide bonds. The zero-order valence-corrected chi connectivity index (χ0v) is 25.5. The van der Waals surface area contributed by atoms with E-state index in [-0.39, 0.29) is 34.8 Å². The SMILES string of the molecule is CCN(C(=O)c1csc(C2CCN(C(=O)c3cc(OC(F)(F)F)ccc3-c3ccccc3)CC2)n1)C(C)C(=O)c1cccnc1. The number of carbonyl (C=O) groups excluding carboxylic acids is 3. The third-order valence-electron chi connectivity index (χ3n) is 7.81. The van der Waals surface area contributed by atoms with E-state index in [1.165, 1.54) is 34.6 Å². The molecule has 2 aromatic heterocycles. The van der Waals surface area contributed by atoms with Crippen LogP contribution in [0.15, 0.2) is 78.4 Å². The molecule has 4 aromatic rings. The van der Waals surface area contributed by atoms with Gasteiger partial charge in [-0.15, -0.1) is 24.5 Å². The van der Waals surface area contributed by atoms with E-state index in [0.29, 0.717) is 49.2 Å². The van der Waals surface area contributed by atoms with E-state index in [0.717, 1.165) is 11.1 Å². The molecule has 45 heavy (non-hydrogen) atoms. The molecular formula is C33H31F3N4O4S. The minimum Gasteiger partial charge on any atom is -0.406 e. The van der Waals surface area contributed by atoms with Crippen LogP contribution in [0.25, 0.3) is 11.1 Å². The van der Waals surface area contributed by atoms with Gasteiger partial charge in [-0.2, -0.15) is 0 Å². The normalized spacial score (nSPS) is 14.6. The van der Waals surface area contributed by atoms with E-state index in [9.17, 15) is 27.6 Å². The molecule has 1 unspecified atom stereocenters. The van der Waals surface area contributed by atoms with Crippen LogP contribution in [-0.2, 0) is 0 Å². The van der Waals surface area contributed by atoms with E-state index < -0.39 is 18.2 Å². The van der Waals surface area contributed by atoms with E-state index in [1.54, 1.807) is 66.7 Å². The van der Waals surface area contributed by atoms with Gasteiger partial charge in [0.05, 0.1) is 16.6 Å². The van der Waals surface area contributed by atoms with Crippen LogP contribution in [0.1, 0.15) is 68.8 Å². The van der Waals surface area contributed by atoms with E-state index >= 15 is 0 Å². The molecule has 3 heterocycles. The fourth-order valence-electron chi connectivity index (χ4n) is 5.47. The minimum atomic E-state index is -4.89. The fraction of sp³-hybridized carbons (Fsp3) is 0.303. The monoisotopic (exact) mass is 636 g/mol. The molecule has 0 N–H and O–H groups in total. The zero-order chi connectivity index (χ0) is 32.1. The number of likely N-dealkylation sites (tertiary alicyclic amines) is 1. The molecular weight excluding hydrogens is 605 g/mol. The van der Waals surface area contributed by atoms with Crippen molar-refractivity contribution in [1.82, 2.24) is 19.8 Å². The summed E-state index contributed by atoms with van der Waals surface area (Å²) in [4.78, 5) is 51.7. The summed E-state index contributed by atoms with van der Waals surface area (Å²) in [5.41, 5.74) is 2.02. The molecule has 1 aliphatic heterocycles. The quantitative estimate of drug-likeness (QED) is 0.187. The summed E-state index contributed by atoms with van der Waals surface area (Å²) in [7, 11) is 0. The number of carbonyl (C=O) groups is 3. The number of hydrogen-bond acceptors (Lipinski definition) is 7. The van der Waals surface area contributed by atoms with Crippen LogP contribution in [0.3, 0.4) is 0 Å². The highest BCUT2D eigenvalue weighted by Crippen LogP contribution is 2.34. The Bertz CT molecular complexity index is 1660. The highest BCUT2D eigenvalue weighted by Gasteiger charge is 2.33. The molecule has 2 aromatic carbocycles. The van der Waals surface area contributed by atoms with Gasteiger partial charge in [0.25, 0.3) is 11.8 Å². The number of hydrogen-bond donors (Lipinski definition) is 0. The maximum absolute atomic E-state index is 13.7. The van der Waals surface area contributed by atoms with Gasteiger partial charge in [0.2, 0.25) is 0 Å². The van der Waals surface area contributed by atoms with Gasteiger partial charge in [-0.05, 0) is 68.1 Å². The molecule has 1 aliphatic rings. The van der Waals surface area contributed by atoms with E-state index in [2.05, 4.69) is 14.7 Å². The second kappa shape index (κ2) is 13.6. The lowest BCUT2D eigenvalue weighted by atomic mass is 9.95. The van der Waals surface area contributed by atoms with Crippen molar-refractivity contribution in [3.05, 3.63) is 100 Å². The standard InChI is InChI=1S/C33H31F3N4O4S/c1-3-40(21(2)29(41)24-10-7-15-37-19-24)32(43)28-20-45-30(38-28)23-13-16-39(17-14-23)31(42)27-18-25(44-33(34,35)36)11-12-26(27)22-8-5-4-6-9-22/h4-12,15,18-21,23H,3,13-14,16-17H2,1-2H3. The number of pyridine rings is 1. The largest absolute Gasteiger partial charge is 0.573 e. The maximum atomic E-state index is 13.7. The van der Waals surface area contributed by atoms with Crippen LogP contribution in [0.5, 0.6) is 5.75 Å². The Hall–Kier alpha value is -4.58. The van der Waals surface area contributed by atoms with Crippen molar-refractivity contribution in [2.45, 2.75) is 45.0 Å². The fourth-order valence-corrected chi connectivity index (χ4v) is 6.44. The predicted molar refractivity (Wildman–Crippen MR) is 163 cm³/mol. The number of nitrogens with zero attached hydrogens (tertiary/aromatic N) is 4. The number of alkyl halides is 3. The summed E-state index contributed by atoms with van der Waals surface area (Å²) in [5.74, 6) is -1.40. The number of likely N-dealkylation sites (N-methyl/N-ethyl adjacent to an activating group) is 1. The third-order valence-corrected chi connectivity index (χ3v) is 8.81. The molecule has 234 valence electrons. The van der Waals surface area contributed by atoms with Crippen molar-refractivity contribution in [3.63, 3.8) is 0 Å². The summed E-state index contributed by atoms with van der Waals surface area (Å²) in [5, 5.41) is 2.45. The third kappa shape index (κ3) is 7.39. The van der Waals surface area contributed by atoms with E-state index in [1.807, 2.05) is 6.07 Å². The number of aromatic nitrogens is 2. The first kappa shape index (κ1) is 31.8. The number of ether oxygens (including phenoxy) is 1. The van der Waals surface area contributed by atoms with Crippen LogP contribution in [0, 0.1) is 0 Å². The molecule has 5 rings (SSSR count). The lowest BCUT2D eigenvalue weighted by Gasteiger charge is -2.32. The lowest BCUT2D eigenvalue weighted by Crippen LogP contribution is -2.43. The number of ketones is 1. The number of rotatable bonds is 9. The predicted octanol–water partition coefficient (Wildman–Crippen LogP) is 6.86. The van der Waals surface area contributed by atoms with Gasteiger partial charge in [0, 0.05) is 48.9 Å². The molecule has 1 fully saturated rings. The molecule has 0 spiro atoms. The summed E-state index contributed by atoms with van der Waals surface area (Å²) in [6.07, 6.45) is -0.694. The molecule has 0 saturated carbocycles. The smallest absolute Gasteiger partial charge is 0.406 e. The summed E-state index contributed by atoms with van der Waals surface area (Å²) < 4.78 is 43.0. The topological polar surface area (TPSA) is 92.7 Å². The molecule has 0 bridgehead atoms. The zero-order valence-electron chi connectivity index (χ0n) is 24.7. The van der Waals surface area contributed by atoms with Crippen molar-refractivity contribution in [3.8, 4) is 16.9 Å². The van der Waals surface area contributed by atoms with Crippen molar-refractivity contribution >= 4 is 28.9 Å². The average Bonchev–Trinajstić information content (AvgIpc) is 3.55. The molecule has 8 nitrogen and oxygen atoms in total. The first-order valence-electron chi connectivity index (χ1n) is 14.5. The summed E-state index contributed by atoms with van der Waals surface area (Å²) >= 11 is 1.36. The van der Waals surface area contributed by atoms with E-state index in [4.69, 9.17) is 0 Å². The van der Waals surface area contributed by atoms with Crippen LogP contribution >= 0.6 is 11.3 Å². The Kier molecular flexibility index (Phi) is 9.62. The number of thiazole rings is 1. The van der Waals surface area contributed by atoms with Gasteiger partial charge in [0.1, 0.15) is 11.4 Å². The Morgan fingerprint density at radius 2 is 1.80 bits per heavy atom. The Labute approximate surface area is 262 Å². The highest BCUT2D eigenvalue weighted by molar-refractivity contribution is 7.09. The van der Waals surface area contributed by atoms with Crippen molar-refractivity contribution in [2.24, 2.45) is 0 Å². The summed E-state index contributed by atoms with van der Waals surface area (Å²) in [6.45, 7) is 4.54. The van der Waals surface area contributed by atoms with Gasteiger partial charge in [-0.3, -0.25) is 19.4 Å². The van der Waals surface area contributed by atoms with Gasteiger partial charge >= 0.3 is 6.36 Å². The number of Topliss-reactive ketones (excluding diaryl/α,β-unsaturated/α-hetero) is 1. The maximum Gasteiger partial charge on any atom is 0.573 e. The van der Waals surface area contributed by atoms with Gasteiger partial charge < -0.3 is 14.5 Å². The highest BCUT2D eigenvalue weighted by atomic mass is 32.1. The van der Waals surface area contributed by atoms with Crippen LogP contribution in [-0.4, -0.2) is 69.4 Å². The number of halogens is 3. The second-order valence-corrected chi connectivity index (χ2v) is 11.5. The number of amides is 2. The molecule has 1 saturated heterocycles. The molecule has 0 radical (unpaired) electrons. The minimum absolute atomic E-state index is 0.00128. The molecule has 12 heteroatoms. The van der Waals surface area contributed by atoms with Crippen LogP contribution in [0.2, 0.25) is 0 Å². The summed E-state index contributed by atoms with van der Waals surface area (Å²) in [6, 6.07) is 15.4. The second-order valence-electron chi connectivity index (χ2n) is 10.6. The lowest BCUT2D eigenvalue weighted by molar-refractivity contribution is -0.274. The number of piperidine rings is 1. The first-order chi connectivity index (χ1) is 21.6. The van der Waals surface area contributed by atoms with Crippen molar-refractivity contribution < 1.29 is 32.3 Å². The Balaban J connectivity index is 1.27. The van der Waals surface area contributed by atoms with Gasteiger partial charge in [-0.1, -0.05) is 30.3 Å². The number of benzene rings is 2. The molecule has 0 aliphatic carbocycles. The Morgan fingerprint density at radius 1 is 1.07 bits per heavy atom. The van der Waals surface area contributed by atoms with Gasteiger partial charge in [0.15, 0.2) is 5.78 Å². The van der Waals surface area contributed by atoms with Crippen molar-refractivity contribution in [1.29, 1.82) is 0 Å². The Morgan fingerprint density at radius 3 is 2.44 bits per heavy atom. The van der Waals surface area contributed by atoms with Crippen LogP contribution < -0.4 is 4.74 Å². The van der Waals surface area contributed by atoms with Crippen molar-refractivity contribution in [2.75, 3.05) is 19.6 Å². The van der Waals surface area contributed by atoms with Gasteiger partial charge in [-0.25, -0.2) is 4.98 Å². The first-order valence-corrected chi connectivity index (χ1v) is 15.4. The average molecular weight is 637 g/mol. The van der Waals surface area contributed by atoms with Crippen LogP contribution in [0.4, 0.5) is 13.2 Å².